The molecule has 166 valence electrons. The van der Waals surface area contributed by atoms with Gasteiger partial charge in [-0.3, -0.25) is 9.69 Å². The molecule has 0 N–H and O–H groups in total. The Morgan fingerprint density at radius 1 is 1.00 bits per heavy atom. The standard InChI is InChI=1S/C26H22N2O4S/c1-28-24(29)23(33-26(28)27-21-14-12-19(13-15-21)25(30)31-2)16-20-10-6-7-11-22(20)32-17-18-8-4-3-5-9-18/h3-16H,17H2,1-2H3. The van der Waals surface area contributed by atoms with Crippen LogP contribution >= 0.6 is 11.8 Å². The first-order valence-electron chi connectivity index (χ1n) is 10.3. The third-order valence-corrected chi connectivity index (χ3v) is 6.02. The highest BCUT2D eigenvalue weighted by atomic mass is 32.2. The largest absolute Gasteiger partial charge is 0.488 e. The Hall–Kier alpha value is -3.84. The summed E-state index contributed by atoms with van der Waals surface area (Å²) >= 11 is 1.30. The number of hydrogen-bond acceptors (Lipinski definition) is 6. The first-order valence-corrected chi connectivity index (χ1v) is 11.1. The lowest BCUT2D eigenvalue weighted by molar-refractivity contribution is -0.121. The van der Waals surface area contributed by atoms with E-state index in [-0.39, 0.29) is 5.91 Å². The number of hydrogen-bond donors (Lipinski definition) is 0. The molecular weight excluding hydrogens is 436 g/mol. The van der Waals surface area contributed by atoms with E-state index in [0.29, 0.717) is 33.7 Å². The Labute approximate surface area is 196 Å². The monoisotopic (exact) mass is 458 g/mol. The van der Waals surface area contributed by atoms with Crippen LogP contribution in [0.3, 0.4) is 0 Å². The van der Waals surface area contributed by atoms with Gasteiger partial charge in [0.2, 0.25) is 0 Å². The number of rotatable bonds is 6. The molecule has 1 aliphatic rings. The van der Waals surface area contributed by atoms with Crippen molar-refractivity contribution in [2.75, 3.05) is 14.2 Å². The normalized spacial score (nSPS) is 15.8. The van der Waals surface area contributed by atoms with Crippen molar-refractivity contribution < 1.29 is 19.1 Å². The second kappa shape index (κ2) is 10.2. The molecule has 0 atom stereocenters. The first-order chi connectivity index (χ1) is 16.0. The molecule has 0 spiro atoms. The van der Waals surface area contributed by atoms with Crippen LogP contribution in [0.5, 0.6) is 5.75 Å². The Balaban J connectivity index is 1.53. The summed E-state index contributed by atoms with van der Waals surface area (Å²) in [6, 6.07) is 24.3. The Bertz CT molecular complexity index is 1220. The van der Waals surface area contributed by atoms with E-state index in [4.69, 9.17) is 9.47 Å². The molecule has 4 rings (SSSR count). The molecule has 1 amide bonds. The zero-order chi connectivity index (χ0) is 23.2. The van der Waals surface area contributed by atoms with E-state index >= 15 is 0 Å². The zero-order valence-electron chi connectivity index (χ0n) is 18.2. The van der Waals surface area contributed by atoms with Crippen LogP contribution in [0, 0.1) is 0 Å². The smallest absolute Gasteiger partial charge is 0.337 e. The molecule has 3 aromatic rings. The highest BCUT2D eigenvalue weighted by Gasteiger charge is 2.30. The summed E-state index contributed by atoms with van der Waals surface area (Å²) < 4.78 is 10.7. The summed E-state index contributed by atoms with van der Waals surface area (Å²) in [6.07, 6.45) is 1.83. The van der Waals surface area contributed by atoms with Gasteiger partial charge >= 0.3 is 5.97 Å². The van der Waals surface area contributed by atoms with Crippen LogP contribution in [-0.2, 0) is 16.1 Å². The molecule has 0 bridgehead atoms. The predicted molar refractivity (Wildman–Crippen MR) is 130 cm³/mol. The van der Waals surface area contributed by atoms with Crippen LogP contribution in [0.2, 0.25) is 0 Å². The van der Waals surface area contributed by atoms with E-state index in [2.05, 4.69) is 4.99 Å². The van der Waals surface area contributed by atoms with E-state index in [1.165, 1.54) is 23.8 Å². The van der Waals surface area contributed by atoms with E-state index < -0.39 is 5.97 Å². The second-order valence-corrected chi connectivity index (χ2v) is 8.23. The molecule has 0 aliphatic carbocycles. The summed E-state index contributed by atoms with van der Waals surface area (Å²) in [4.78, 5) is 31.1. The number of benzene rings is 3. The van der Waals surface area contributed by atoms with Gasteiger partial charge in [0.1, 0.15) is 12.4 Å². The third-order valence-electron chi connectivity index (χ3n) is 4.96. The van der Waals surface area contributed by atoms with E-state index in [0.717, 1.165) is 11.1 Å². The van der Waals surface area contributed by atoms with Gasteiger partial charge in [0.25, 0.3) is 5.91 Å². The molecular formula is C26H22N2O4S. The van der Waals surface area contributed by atoms with Gasteiger partial charge in [-0.2, -0.15) is 0 Å². The Morgan fingerprint density at radius 2 is 1.70 bits per heavy atom. The number of amidine groups is 1. The number of thioether (sulfide) groups is 1. The molecule has 0 unspecified atom stereocenters. The van der Waals surface area contributed by atoms with Gasteiger partial charge in [-0.1, -0.05) is 48.5 Å². The van der Waals surface area contributed by atoms with Gasteiger partial charge in [-0.15, -0.1) is 0 Å². The van der Waals surface area contributed by atoms with Crippen LogP contribution < -0.4 is 4.74 Å². The van der Waals surface area contributed by atoms with Crippen molar-refractivity contribution >= 4 is 40.6 Å². The fourth-order valence-corrected chi connectivity index (χ4v) is 4.14. The van der Waals surface area contributed by atoms with E-state index in [1.54, 1.807) is 31.3 Å². The average molecular weight is 459 g/mol. The summed E-state index contributed by atoms with van der Waals surface area (Å²) in [6.45, 7) is 0.441. The molecule has 3 aromatic carbocycles. The molecule has 6 nitrogen and oxygen atoms in total. The maximum Gasteiger partial charge on any atom is 0.337 e. The number of esters is 1. The first kappa shape index (κ1) is 22.4. The minimum absolute atomic E-state index is 0.136. The number of likely N-dealkylation sites (N-methyl/N-ethyl adjacent to an activating group) is 1. The second-order valence-electron chi connectivity index (χ2n) is 7.22. The molecule has 7 heteroatoms. The minimum atomic E-state index is -0.407. The lowest BCUT2D eigenvalue weighted by Gasteiger charge is -2.09. The van der Waals surface area contributed by atoms with Crippen molar-refractivity contribution in [3.05, 3.63) is 100 Å². The van der Waals surface area contributed by atoms with Gasteiger partial charge in [-0.05, 0) is 53.7 Å². The lowest BCUT2D eigenvalue weighted by Crippen LogP contribution is -2.23. The van der Waals surface area contributed by atoms with Crippen molar-refractivity contribution in [3.8, 4) is 5.75 Å². The van der Waals surface area contributed by atoms with Crippen molar-refractivity contribution in [3.63, 3.8) is 0 Å². The molecule has 1 aliphatic heterocycles. The average Bonchev–Trinajstić information content (AvgIpc) is 3.11. The molecule has 1 heterocycles. The Kier molecular flexibility index (Phi) is 6.90. The molecule has 1 saturated heterocycles. The number of carbonyl (C=O) groups is 2. The quantitative estimate of drug-likeness (QED) is 0.371. The number of para-hydroxylation sites is 1. The van der Waals surface area contributed by atoms with Gasteiger partial charge < -0.3 is 9.47 Å². The van der Waals surface area contributed by atoms with Crippen LogP contribution in [-0.4, -0.2) is 36.1 Å². The van der Waals surface area contributed by atoms with E-state index in [9.17, 15) is 9.59 Å². The molecule has 33 heavy (non-hydrogen) atoms. The van der Waals surface area contributed by atoms with Crippen LogP contribution in [0.4, 0.5) is 5.69 Å². The number of methoxy groups -OCH3 is 1. The minimum Gasteiger partial charge on any atom is -0.488 e. The number of nitrogens with zero attached hydrogens (tertiary/aromatic N) is 2. The lowest BCUT2D eigenvalue weighted by atomic mass is 10.2. The molecule has 1 fully saturated rings. The van der Waals surface area contributed by atoms with Crippen LogP contribution in [0.15, 0.2) is 88.8 Å². The van der Waals surface area contributed by atoms with Crippen molar-refractivity contribution in [1.82, 2.24) is 4.90 Å². The fourth-order valence-electron chi connectivity index (χ4n) is 3.16. The van der Waals surface area contributed by atoms with Crippen molar-refractivity contribution in [2.45, 2.75) is 6.61 Å². The molecule has 0 saturated carbocycles. The van der Waals surface area contributed by atoms with E-state index in [1.807, 2.05) is 60.7 Å². The van der Waals surface area contributed by atoms with Crippen molar-refractivity contribution in [1.29, 1.82) is 0 Å². The maximum atomic E-state index is 12.8. The third kappa shape index (κ3) is 5.32. The van der Waals surface area contributed by atoms with Crippen LogP contribution in [0.25, 0.3) is 6.08 Å². The SMILES string of the molecule is COC(=O)c1ccc(N=C2SC(=Cc3ccccc3OCc3ccccc3)C(=O)N2C)cc1. The van der Waals surface area contributed by atoms with Gasteiger partial charge in [-0.25, -0.2) is 9.79 Å². The number of ether oxygens (including phenoxy) is 2. The predicted octanol–water partition coefficient (Wildman–Crippen LogP) is 5.29. The maximum absolute atomic E-state index is 12.8. The zero-order valence-corrected chi connectivity index (χ0v) is 19.0. The van der Waals surface area contributed by atoms with Gasteiger partial charge in [0.05, 0.1) is 23.3 Å². The highest BCUT2D eigenvalue weighted by Crippen LogP contribution is 2.34. The van der Waals surface area contributed by atoms with Gasteiger partial charge in [0.15, 0.2) is 5.17 Å². The van der Waals surface area contributed by atoms with Gasteiger partial charge in [0, 0.05) is 12.6 Å². The summed E-state index contributed by atoms with van der Waals surface area (Å²) in [7, 11) is 3.03. The number of amides is 1. The highest BCUT2D eigenvalue weighted by molar-refractivity contribution is 8.18. The molecule has 0 aromatic heterocycles. The van der Waals surface area contributed by atoms with Crippen molar-refractivity contribution in [2.24, 2.45) is 4.99 Å². The summed E-state index contributed by atoms with van der Waals surface area (Å²) in [5, 5.41) is 0.555. The molecule has 0 radical (unpaired) electrons. The topological polar surface area (TPSA) is 68.2 Å². The number of carbonyl (C=O) groups excluding carboxylic acids is 2. The summed E-state index contributed by atoms with van der Waals surface area (Å²) in [5.41, 5.74) is 2.97. The van der Waals surface area contributed by atoms with Crippen LogP contribution in [0.1, 0.15) is 21.5 Å². The number of aliphatic imine (C=N–C) groups is 1. The fraction of sp³-hybridized carbons (Fsp3) is 0.115. The Morgan fingerprint density at radius 3 is 2.42 bits per heavy atom. The summed E-state index contributed by atoms with van der Waals surface area (Å²) in [5.74, 6) is 0.159.